The van der Waals surface area contributed by atoms with Gasteiger partial charge in [-0.1, -0.05) is 19.1 Å². The number of ether oxygens (including phenoxy) is 2. The summed E-state index contributed by atoms with van der Waals surface area (Å²) in [6.45, 7) is 3.05. The Kier molecular flexibility index (Phi) is 5.89. The van der Waals surface area contributed by atoms with Gasteiger partial charge in [-0.3, -0.25) is 5.10 Å². The number of halogens is 1. The molecule has 0 unspecified atom stereocenters. The van der Waals surface area contributed by atoms with Crippen LogP contribution >= 0.6 is 0 Å². The maximum absolute atomic E-state index is 14.7. The van der Waals surface area contributed by atoms with E-state index in [9.17, 15) is 12.8 Å². The van der Waals surface area contributed by atoms with Crippen molar-refractivity contribution in [1.29, 1.82) is 0 Å². The molecular weight excluding hydrogens is 375 g/mol. The molecule has 1 fully saturated rings. The summed E-state index contributed by atoms with van der Waals surface area (Å²) < 4.78 is 50.9. The highest BCUT2D eigenvalue weighted by atomic mass is 32.2. The molecule has 1 N–H and O–H groups in total. The minimum absolute atomic E-state index is 0.00120. The van der Waals surface area contributed by atoms with E-state index in [1.807, 2.05) is 6.92 Å². The predicted molar refractivity (Wildman–Crippen MR) is 95.6 cm³/mol. The molecule has 1 saturated heterocycles. The number of H-pyrrole nitrogens is 1. The Morgan fingerprint density at radius 1 is 1.41 bits per heavy atom. The lowest BCUT2D eigenvalue weighted by molar-refractivity contribution is -0.223. The second-order valence-electron chi connectivity index (χ2n) is 6.61. The first-order chi connectivity index (χ1) is 12.8. The molecule has 0 saturated carbocycles. The third-order valence-corrected chi connectivity index (χ3v) is 5.74. The summed E-state index contributed by atoms with van der Waals surface area (Å²) in [5, 5.41) is 6.48. The van der Waals surface area contributed by atoms with Gasteiger partial charge in [-0.25, -0.2) is 17.8 Å². The summed E-state index contributed by atoms with van der Waals surface area (Å²) in [4.78, 5) is 4.01. The Balaban J connectivity index is 1.76. The van der Waals surface area contributed by atoms with Gasteiger partial charge in [0.1, 0.15) is 30.2 Å². The molecule has 0 radical (unpaired) electrons. The second-order valence-corrected chi connectivity index (χ2v) is 8.59. The van der Waals surface area contributed by atoms with Crippen molar-refractivity contribution in [2.24, 2.45) is 0 Å². The smallest absolute Gasteiger partial charge is 0.211 e. The molecule has 0 amide bonds. The second kappa shape index (κ2) is 8.01. The van der Waals surface area contributed by atoms with E-state index in [2.05, 4.69) is 15.2 Å². The highest BCUT2D eigenvalue weighted by molar-refractivity contribution is 7.88. The number of aromatic amines is 1. The lowest BCUT2D eigenvalue weighted by Crippen LogP contribution is -2.49. The topological polar surface area (TPSA) is 97.4 Å². The van der Waals surface area contributed by atoms with Gasteiger partial charge in [0.25, 0.3) is 0 Å². The van der Waals surface area contributed by atoms with Crippen molar-refractivity contribution < 1.29 is 22.3 Å². The number of nitrogens with one attached hydrogen (secondary N) is 1. The number of nitrogens with zero attached hydrogens (tertiary/aromatic N) is 3. The van der Waals surface area contributed by atoms with Gasteiger partial charge in [-0.05, 0) is 18.1 Å². The van der Waals surface area contributed by atoms with Gasteiger partial charge in [0, 0.05) is 18.7 Å². The van der Waals surface area contributed by atoms with Gasteiger partial charge < -0.3 is 9.47 Å². The minimum Gasteiger partial charge on any atom is -0.375 e. The van der Waals surface area contributed by atoms with E-state index in [4.69, 9.17) is 9.47 Å². The Morgan fingerprint density at radius 3 is 2.70 bits per heavy atom. The van der Waals surface area contributed by atoms with E-state index in [1.165, 1.54) is 16.7 Å². The normalized spacial score (nSPS) is 16.4. The lowest BCUT2D eigenvalue weighted by atomic mass is 9.90. The van der Waals surface area contributed by atoms with Crippen molar-refractivity contribution in [1.82, 2.24) is 19.5 Å². The molecule has 1 aliphatic rings. The van der Waals surface area contributed by atoms with E-state index in [1.54, 1.807) is 12.1 Å². The van der Waals surface area contributed by atoms with E-state index in [0.29, 0.717) is 43.1 Å². The molecule has 8 nitrogen and oxygen atoms in total. The molecule has 0 spiro atoms. The zero-order chi connectivity index (χ0) is 19.5. The fourth-order valence-electron chi connectivity index (χ4n) is 2.89. The van der Waals surface area contributed by atoms with Gasteiger partial charge in [0.15, 0.2) is 0 Å². The fraction of sp³-hybridized carbons (Fsp3) is 0.529. The van der Waals surface area contributed by atoms with Crippen LogP contribution < -0.4 is 0 Å². The molecule has 0 bridgehead atoms. The van der Waals surface area contributed by atoms with Crippen molar-refractivity contribution in [3.63, 3.8) is 0 Å². The maximum atomic E-state index is 14.7. The zero-order valence-corrected chi connectivity index (χ0v) is 16.1. The monoisotopic (exact) mass is 398 g/mol. The molecule has 2 heterocycles. The average molecular weight is 398 g/mol. The van der Waals surface area contributed by atoms with E-state index >= 15 is 0 Å². The van der Waals surface area contributed by atoms with Crippen molar-refractivity contribution in [2.75, 3.05) is 26.0 Å². The summed E-state index contributed by atoms with van der Waals surface area (Å²) in [7, 11) is -3.40. The number of sulfonamides is 1. The van der Waals surface area contributed by atoms with Crippen LogP contribution in [0.3, 0.4) is 0 Å². The van der Waals surface area contributed by atoms with Crippen molar-refractivity contribution >= 4 is 10.0 Å². The van der Waals surface area contributed by atoms with Crippen molar-refractivity contribution in [2.45, 2.75) is 32.1 Å². The van der Waals surface area contributed by atoms with Crippen LogP contribution in [0, 0.1) is 5.82 Å². The molecule has 10 heteroatoms. The Hall–Kier alpha value is -1.88. The van der Waals surface area contributed by atoms with Crippen LogP contribution in [0.4, 0.5) is 4.39 Å². The summed E-state index contributed by atoms with van der Waals surface area (Å²) in [5.74, 6) is 0.105. The van der Waals surface area contributed by atoms with Crippen LogP contribution in [0.15, 0.2) is 24.5 Å². The molecule has 1 aromatic carbocycles. The lowest BCUT2D eigenvalue weighted by Gasteiger charge is -2.41. The fourth-order valence-corrected chi connectivity index (χ4v) is 3.78. The molecule has 0 atom stereocenters. The van der Waals surface area contributed by atoms with Gasteiger partial charge in [-0.2, -0.15) is 9.40 Å². The molecule has 2 aromatic rings. The Morgan fingerprint density at radius 2 is 2.19 bits per heavy atom. The van der Waals surface area contributed by atoms with Crippen molar-refractivity contribution in [3.05, 3.63) is 47.3 Å². The maximum Gasteiger partial charge on any atom is 0.211 e. The van der Waals surface area contributed by atoms with Gasteiger partial charge in [0.05, 0.1) is 19.5 Å². The largest absolute Gasteiger partial charge is 0.375 e. The summed E-state index contributed by atoms with van der Waals surface area (Å²) in [6.07, 6.45) is 3.18. The summed E-state index contributed by atoms with van der Waals surface area (Å²) >= 11 is 0. The van der Waals surface area contributed by atoms with Gasteiger partial charge in [0.2, 0.25) is 10.0 Å². The molecule has 27 heavy (non-hydrogen) atoms. The number of rotatable bonds is 9. The van der Waals surface area contributed by atoms with Crippen LogP contribution in [0.1, 0.15) is 30.3 Å². The van der Waals surface area contributed by atoms with E-state index < -0.39 is 21.4 Å². The molecule has 1 aliphatic heterocycles. The number of benzene rings is 1. The van der Waals surface area contributed by atoms with Crippen molar-refractivity contribution in [3.8, 4) is 0 Å². The molecule has 1 aromatic heterocycles. The summed E-state index contributed by atoms with van der Waals surface area (Å²) in [5.41, 5.74) is 0.227. The zero-order valence-electron chi connectivity index (χ0n) is 15.3. The van der Waals surface area contributed by atoms with Crippen LogP contribution in [0.25, 0.3) is 0 Å². The van der Waals surface area contributed by atoms with Crippen LogP contribution in [-0.2, 0) is 38.2 Å². The average Bonchev–Trinajstić information content (AvgIpc) is 3.08. The molecular formula is C17H23FN4O4S. The molecule has 0 aliphatic carbocycles. The highest BCUT2D eigenvalue weighted by Gasteiger charge is 2.42. The number of aromatic nitrogens is 3. The number of hydrogen-bond acceptors (Lipinski definition) is 6. The Bertz CT molecular complexity index is 869. The quantitative estimate of drug-likeness (QED) is 0.688. The van der Waals surface area contributed by atoms with Crippen LogP contribution in [-0.4, -0.2) is 53.9 Å². The van der Waals surface area contributed by atoms with Crippen LogP contribution in [0.2, 0.25) is 0 Å². The first kappa shape index (κ1) is 19.9. The Labute approximate surface area is 157 Å². The minimum atomic E-state index is -3.40. The first-order valence-electron chi connectivity index (χ1n) is 8.64. The third-order valence-electron chi connectivity index (χ3n) is 4.49. The van der Waals surface area contributed by atoms with Gasteiger partial charge >= 0.3 is 0 Å². The number of hydrogen-bond donors (Lipinski definition) is 1. The highest BCUT2D eigenvalue weighted by Crippen LogP contribution is 2.35. The standard InChI is InChI=1S/C17H23FN4O4S/c1-3-6-22(27(2,23)24)8-13-4-5-14(7-15(13)18)17(10-25-11-17)26-9-16-19-12-20-21-16/h4-5,7,12H,3,6,8-11H2,1-2H3,(H,19,20,21). The third kappa shape index (κ3) is 4.52. The molecule has 3 rings (SSSR count). The SMILES string of the molecule is CCCN(Cc1ccc(C2(OCc3ncn[nH]3)COC2)cc1F)S(C)(=O)=O. The van der Waals surface area contributed by atoms with Crippen LogP contribution in [0.5, 0.6) is 0 Å². The van der Waals surface area contributed by atoms with E-state index in [0.717, 1.165) is 6.26 Å². The molecule has 148 valence electrons. The summed E-state index contributed by atoms with van der Waals surface area (Å²) in [6, 6.07) is 4.76. The van der Waals surface area contributed by atoms with E-state index in [-0.39, 0.29) is 13.2 Å². The van der Waals surface area contributed by atoms with Gasteiger partial charge in [-0.15, -0.1) is 0 Å². The predicted octanol–water partition coefficient (Wildman–Crippen LogP) is 1.56. The first-order valence-corrected chi connectivity index (χ1v) is 10.5.